The molecule has 2 aromatic rings. The van der Waals surface area contributed by atoms with E-state index in [-0.39, 0.29) is 24.3 Å². The highest BCUT2D eigenvalue weighted by Gasteiger charge is 2.15. The Morgan fingerprint density at radius 1 is 0.923 bits per heavy atom. The molecule has 2 aromatic carbocycles. The third-order valence-electron chi connectivity index (χ3n) is 3.87. The Kier molecular flexibility index (Phi) is 6.49. The van der Waals surface area contributed by atoms with Gasteiger partial charge in [-0.05, 0) is 36.2 Å². The number of hydrogen-bond donors (Lipinski definition) is 2. The van der Waals surface area contributed by atoms with Crippen LogP contribution in [0.25, 0.3) is 0 Å². The molecule has 26 heavy (non-hydrogen) atoms. The van der Waals surface area contributed by atoms with E-state index < -0.39 is 0 Å². The van der Waals surface area contributed by atoms with Gasteiger partial charge >= 0.3 is 0 Å². The van der Waals surface area contributed by atoms with Crippen molar-refractivity contribution in [1.29, 1.82) is 0 Å². The van der Waals surface area contributed by atoms with Crippen LogP contribution < -0.4 is 10.6 Å². The molecule has 0 aliphatic carbocycles. The summed E-state index contributed by atoms with van der Waals surface area (Å²) in [5.74, 6) is -0.654. The third-order valence-corrected chi connectivity index (χ3v) is 3.87. The first-order valence-corrected chi connectivity index (χ1v) is 8.32. The van der Waals surface area contributed by atoms with Gasteiger partial charge in [0, 0.05) is 31.8 Å². The molecule has 0 heterocycles. The molecule has 136 valence electrons. The Bertz CT molecular complexity index is 817. The van der Waals surface area contributed by atoms with E-state index in [1.807, 2.05) is 31.2 Å². The van der Waals surface area contributed by atoms with Crippen LogP contribution in [-0.2, 0) is 20.9 Å². The van der Waals surface area contributed by atoms with Gasteiger partial charge in [0.05, 0.1) is 0 Å². The molecule has 0 aliphatic heterocycles. The second kappa shape index (κ2) is 8.80. The predicted molar refractivity (Wildman–Crippen MR) is 102 cm³/mol. The number of carbonyl (C=O) groups excluding carboxylic acids is 3. The first kappa shape index (κ1) is 19.2. The molecule has 3 amide bonds. The van der Waals surface area contributed by atoms with Gasteiger partial charge in [0.25, 0.3) is 0 Å². The Balaban J connectivity index is 2.03. The maximum absolute atomic E-state index is 12.3. The summed E-state index contributed by atoms with van der Waals surface area (Å²) in [4.78, 5) is 36.9. The van der Waals surface area contributed by atoms with Gasteiger partial charge in [-0.25, -0.2) is 0 Å². The zero-order chi connectivity index (χ0) is 19.1. The topological polar surface area (TPSA) is 78.5 Å². The third kappa shape index (κ3) is 5.73. The van der Waals surface area contributed by atoms with Crippen molar-refractivity contribution in [3.05, 3.63) is 59.7 Å². The highest BCUT2D eigenvalue weighted by atomic mass is 16.2. The number of carbonyl (C=O) groups is 3. The van der Waals surface area contributed by atoms with Crippen molar-refractivity contribution < 1.29 is 14.4 Å². The Labute approximate surface area is 153 Å². The summed E-state index contributed by atoms with van der Waals surface area (Å²) in [7, 11) is 0. The minimum Gasteiger partial charge on any atom is -0.329 e. The lowest BCUT2D eigenvalue weighted by molar-refractivity contribution is -0.133. The molecule has 0 bridgehead atoms. The van der Waals surface area contributed by atoms with Gasteiger partial charge in [-0.2, -0.15) is 0 Å². The van der Waals surface area contributed by atoms with E-state index in [2.05, 4.69) is 10.6 Å². The number of nitrogens with one attached hydrogen (secondary N) is 2. The van der Waals surface area contributed by atoms with Crippen molar-refractivity contribution in [3.63, 3.8) is 0 Å². The molecule has 0 fully saturated rings. The zero-order valence-electron chi connectivity index (χ0n) is 15.2. The highest BCUT2D eigenvalue weighted by molar-refractivity contribution is 5.95. The molecule has 0 unspecified atom stereocenters. The monoisotopic (exact) mass is 353 g/mol. The number of aryl methyl sites for hydroxylation is 1. The SMILES string of the molecule is CC(=O)Nc1cccc(NC(=O)CN(Cc2ccccc2C)C(C)=O)c1. The van der Waals surface area contributed by atoms with Gasteiger partial charge < -0.3 is 15.5 Å². The molecular formula is C20H23N3O3. The van der Waals surface area contributed by atoms with E-state index in [9.17, 15) is 14.4 Å². The molecule has 2 N–H and O–H groups in total. The summed E-state index contributed by atoms with van der Waals surface area (Å²) < 4.78 is 0. The van der Waals surface area contributed by atoms with E-state index in [0.29, 0.717) is 17.9 Å². The van der Waals surface area contributed by atoms with E-state index in [1.165, 1.54) is 18.7 Å². The van der Waals surface area contributed by atoms with Crippen molar-refractivity contribution in [2.24, 2.45) is 0 Å². The average Bonchev–Trinajstić information content (AvgIpc) is 2.55. The molecular weight excluding hydrogens is 330 g/mol. The van der Waals surface area contributed by atoms with E-state index >= 15 is 0 Å². The smallest absolute Gasteiger partial charge is 0.244 e. The second-order valence-electron chi connectivity index (χ2n) is 6.11. The molecule has 6 nitrogen and oxygen atoms in total. The first-order chi connectivity index (χ1) is 12.3. The van der Waals surface area contributed by atoms with Gasteiger partial charge in [-0.3, -0.25) is 14.4 Å². The molecule has 0 aromatic heterocycles. The fourth-order valence-electron chi connectivity index (χ4n) is 2.52. The molecule has 6 heteroatoms. The number of anilines is 2. The minimum absolute atomic E-state index is 0.0476. The Morgan fingerprint density at radius 3 is 2.19 bits per heavy atom. The van der Waals surface area contributed by atoms with Gasteiger partial charge in [-0.15, -0.1) is 0 Å². The van der Waals surface area contributed by atoms with Crippen LogP contribution in [-0.4, -0.2) is 29.2 Å². The number of rotatable bonds is 6. The number of benzene rings is 2. The van der Waals surface area contributed by atoms with Crippen LogP contribution in [0.1, 0.15) is 25.0 Å². The maximum Gasteiger partial charge on any atom is 0.244 e. The average molecular weight is 353 g/mol. The molecule has 2 rings (SSSR count). The van der Waals surface area contributed by atoms with Crippen molar-refractivity contribution in [2.75, 3.05) is 17.2 Å². The van der Waals surface area contributed by atoms with Crippen molar-refractivity contribution in [2.45, 2.75) is 27.3 Å². The molecule has 0 spiro atoms. The number of nitrogens with zero attached hydrogens (tertiary/aromatic N) is 1. The summed E-state index contributed by atoms with van der Waals surface area (Å²) in [5.41, 5.74) is 3.23. The van der Waals surface area contributed by atoms with E-state index in [1.54, 1.807) is 24.3 Å². The minimum atomic E-state index is -0.297. The van der Waals surface area contributed by atoms with Crippen LogP contribution in [0.15, 0.2) is 48.5 Å². The highest BCUT2D eigenvalue weighted by Crippen LogP contribution is 2.15. The van der Waals surface area contributed by atoms with E-state index in [4.69, 9.17) is 0 Å². The number of hydrogen-bond acceptors (Lipinski definition) is 3. The fraction of sp³-hybridized carbons (Fsp3) is 0.250. The van der Waals surface area contributed by atoms with Gasteiger partial charge in [0.15, 0.2) is 0 Å². The molecule has 0 saturated carbocycles. The van der Waals surface area contributed by atoms with Gasteiger partial charge in [0.1, 0.15) is 6.54 Å². The van der Waals surface area contributed by atoms with Crippen LogP contribution in [0.3, 0.4) is 0 Å². The van der Waals surface area contributed by atoms with Crippen molar-refractivity contribution >= 4 is 29.1 Å². The predicted octanol–water partition coefficient (Wildman–Crippen LogP) is 2.94. The van der Waals surface area contributed by atoms with Crippen LogP contribution in [0, 0.1) is 6.92 Å². The Hall–Kier alpha value is -3.15. The quantitative estimate of drug-likeness (QED) is 0.838. The van der Waals surface area contributed by atoms with Crippen LogP contribution in [0.4, 0.5) is 11.4 Å². The number of amides is 3. The maximum atomic E-state index is 12.3. The lowest BCUT2D eigenvalue weighted by Gasteiger charge is -2.21. The molecule has 0 saturated heterocycles. The lowest BCUT2D eigenvalue weighted by Crippen LogP contribution is -2.36. The summed E-state index contributed by atoms with van der Waals surface area (Å²) >= 11 is 0. The molecule has 0 aliphatic rings. The summed E-state index contributed by atoms with van der Waals surface area (Å²) in [5, 5.41) is 5.42. The summed E-state index contributed by atoms with van der Waals surface area (Å²) in [6, 6.07) is 14.6. The lowest BCUT2D eigenvalue weighted by atomic mass is 10.1. The molecule has 0 radical (unpaired) electrons. The van der Waals surface area contributed by atoms with Crippen LogP contribution in [0.2, 0.25) is 0 Å². The van der Waals surface area contributed by atoms with Gasteiger partial charge in [-0.1, -0.05) is 30.3 Å². The van der Waals surface area contributed by atoms with Gasteiger partial charge in [0.2, 0.25) is 17.7 Å². The second-order valence-corrected chi connectivity index (χ2v) is 6.11. The standard InChI is InChI=1S/C20H23N3O3/c1-14-7-4-5-8-17(14)12-23(16(3)25)13-20(26)22-19-10-6-9-18(11-19)21-15(2)24/h4-11H,12-13H2,1-3H3,(H,21,24)(H,22,26). The molecule has 0 atom stereocenters. The zero-order valence-corrected chi connectivity index (χ0v) is 15.2. The van der Waals surface area contributed by atoms with Crippen molar-refractivity contribution in [3.8, 4) is 0 Å². The largest absolute Gasteiger partial charge is 0.329 e. The summed E-state index contributed by atoms with van der Waals surface area (Å²) in [6.45, 7) is 5.17. The first-order valence-electron chi connectivity index (χ1n) is 8.32. The fourth-order valence-corrected chi connectivity index (χ4v) is 2.52. The van der Waals surface area contributed by atoms with Crippen LogP contribution in [0.5, 0.6) is 0 Å². The van der Waals surface area contributed by atoms with Crippen molar-refractivity contribution in [1.82, 2.24) is 4.90 Å². The van der Waals surface area contributed by atoms with Crippen LogP contribution >= 0.6 is 0 Å². The Morgan fingerprint density at radius 2 is 1.58 bits per heavy atom. The summed E-state index contributed by atoms with van der Waals surface area (Å²) in [6.07, 6.45) is 0. The van der Waals surface area contributed by atoms with E-state index in [0.717, 1.165) is 11.1 Å². The normalized spacial score (nSPS) is 10.1.